The molecule has 1 spiro atoms. The Morgan fingerprint density at radius 1 is 1.26 bits per heavy atom. The predicted molar refractivity (Wildman–Crippen MR) is 106 cm³/mol. The van der Waals surface area contributed by atoms with Crippen LogP contribution in [0.5, 0.6) is 0 Å². The van der Waals surface area contributed by atoms with Crippen molar-refractivity contribution in [1.29, 1.82) is 0 Å². The van der Waals surface area contributed by atoms with Crippen LogP contribution in [0, 0.1) is 6.92 Å². The van der Waals surface area contributed by atoms with Gasteiger partial charge < -0.3 is 9.64 Å². The van der Waals surface area contributed by atoms with E-state index in [9.17, 15) is 4.79 Å². The Morgan fingerprint density at radius 3 is 2.81 bits per heavy atom. The number of hydrogen-bond acceptors (Lipinski definition) is 6. The third-order valence-electron chi connectivity index (χ3n) is 6.38. The molecule has 3 aliphatic rings. The summed E-state index contributed by atoms with van der Waals surface area (Å²) in [7, 11) is 0. The van der Waals surface area contributed by atoms with Gasteiger partial charge in [-0.1, -0.05) is 24.6 Å². The lowest BCUT2D eigenvalue weighted by Crippen LogP contribution is -2.64. The Labute approximate surface area is 166 Å². The van der Waals surface area contributed by atoms with E-state index in [0.717, 1.165) is 12.1 Å². The maximum Gasteiger partial charge on any atom is 0.257 e. The molecule has 7 heteroatoms. The van der Waals surface area contributed by atoms with Gasteiger partial charge in [0.05, 0.1) is 24.4 Å². The summed E-state index contributed by atoms with van der Waals surface area (Å²) >= 11 is 1.50. The summed E-state index contributed by atoms with van der Waals surface area (Å²) in [5.41, 5.74) is 1.18. The molecule has 2 atom stereocenters. The fourth-order valence-corrected chi connectivity index (χ4v) is 5.40. The van der Waals surface area contributed by atoms with Crippen LogP contribution in [0.15, 0.2) is 11.4 Å². The minimum absolute atomic E-state index is 0.0496. The molecule has 148 valence electrons. The van der Waals surface area contributed by atoms with Gasteiger partial charge in [-0.2, -0.15) is 0 Å². The fourth-order valence-electron chi connectivity index (χ4n) is 5.02. The number of carbonyl (C=O) groups excluding carboxylic acids is 1. The summed E-state index contributed by atoms with van der Waals surface area (Å²) in [4.78, 5) is 26.6. The molecule has 0 N–H and O–H groups in total. The zero-order chi connectivity index (χ0) is 18.9. The highest BCUT2D eigenvalue weighted by atomic mass is 32.2. The van der Waals surface area contributed by atoms with Crippen molar-refractivity contribution in [1.82, 2.24) is 19.8 Å². The summed E-state index contributed by atoms with van der Waals surface area (Å²) in [6.07, 6.45) is 10.9. The molecule has 6 nitrogen and oxygen atoms in total. The van der Waals surface area contributed by atoms with Crippen LogP contribution >= 0.6 is 11.8 Å². The molecule has 0 bridgehead atoms. The summed E-state index contributed by atoms with van der Waals surface area (Å²) in [6, 6.07) is 0.445. The third-order valence-corrected chi connectivity index (χ3v) is 6.94. The zero-order valence-electron chi connectivity index (χ0n) is 16.4. The number of amides is 1. The number of hydrogen-bond donors (Lipinski definition) is 0. The molecule has 1 aliphatic carbocycles. The number of aryl methyl sites for hydroxylation is 1. The van der Waals surface area contributed by atoms with Gasteiger partial charge in [-0.3, -0.25) is 9.69 Å². The summed E-state index contributed by atoms with van der Waals surface area (Å²) in [6.45, 7) is 6.21. The highest BCUT2D eigenvalue weighted by Crippen LogP contribution is 2.39. The van der Waals surface area contributed by atoms with E-state index >= 15 is 0 Å². The molecule has 27 heavy (non-hydrogen) atoms. The van der Waals surface area contributed by atoms with Gasteiger partial charge in [-0.25, -0.2) is 9.97 Å². The van der Waals surface area contributed by atoms with Crippen LogP contribution in [0.25, 0.3) is 0 Å². The van der Waals surface area contributed by atoms with Crippen molar-refractivity contribution in [3.8, 4) is 0 Å². The Bertz CT molecular complexity index is 691. The van der Waals surface area contributed by atoms with E-state index in [2.05, 4.69) is 14.9 Å². The molecule has 1 aromatic rings. The fraction of sp³-hybridized carbons (Fsp3) is 0.750. The quantitative estimate of drug-likeness (QED) is 0.584. The van der Waals surface area contributed by atoms with Crippen molar-refractivity contribution in [3.05, 3.63) is 17.5 Å². The van der Waals surface area contributed by atoms with Crippen molar-refractivity contribution >= 4 is 17.7 Å². The lowest BCUT2D eigenvalue weighted by atomic mass is 9.78. The minimum Gasteiger partial charge on any atom is -0.370 e. The molecule has 1 amide bonds. The number of rotatable bonds is 3. The minimum atomic E-state index is -0.204. The SMILES string of the molecule is CSc1ncc(C(=O)N2CCO[C@]3(CCCC[C@@H]3N3CCCC3)C2)c(C)n1. The normalized spacial score (nSPS) is 29.4. The standard InChI is InChI=1S/C20H30N4O2S/c1-15-16(13-21-19(22-15)27-2)18(25)24-11-12-26-20(14-24)8-4-3-7-17(20)23-9-5-6-10-23/h13,17H,3-12,14H2,1-2H3/t17-,20+/m0/s1. The molecule has 4 rings (SSSR count). The van der Waals surface area contributed by atoms with Crippen molar-refractivity contribution in [3.63, 3.8) is 0 Å². The molecule has 1 aromatic heterocycles. The largest absolute Gasteiger partial charge is 0.370 e. The number of carbonyl (C=O) groups is 1. The lowest BCUT2D eigenvalue weighted by molar-refractivity contribution is -0.156. The van der Waals surface area contributed by atoms with Gasteiger partial charge in [0.15, 0.2) is 5.16 Å². The Kier molecular flexibility index (Phi) is 5.71. The second kappa shape index (κ2) is 8.05. The molecule has 0 unspecified atom stereocenters. The summed E-state index contributed by atoms with van der Waals surface area (Å²) in [5.74, 6) is 0.0496. The highest BCUT2D eigenvalue weighted by molar-refractivity contribution is 7.98. The zero-order valence-corrected chi connectivity index (χ0v) is 17.3. The molecule has 3 heterocycles. The van der Waals surface area contributed by atoms with E-state index in [4.69, 9.17) is 4.74 Å². The average Bonchev–Trinajstić information content (AvgIpc) is 3.22. The monoisotopic (exact) mass is 390 g/mol. The van der Waals surface area contributed by atoms with Crippen LogP contribution in [-0.4, -0.2) is 76.4 Å². The second-order valence-electron chi connectivity index (χ2n) is 8.00. The van der Waals surface area contributed by atoms with Gasteiger partial charge in [0.2, 0.25) is 0 Å². The van der Waals surface area contributed by atoms with Crippen molar-refractivity contribution in [2.45, 2.75) is 62.2 Å². The summed E-state index contributed by atoms with van der Waals surface area (Å²) in [5, 5.41) is 0.712. The first-order chi connectivity index (χ1) is 13.1. The number of ether oxygens (including phenoxy) is 1. The highest BCUT2D eigenvalue weighted by Gasteiger charge is 2.48. The third kappa shape index (κ3) is 3.74. The van der Waals surface area contributed by atoms with E-state index in [1.807, 2.05) is 18.1 Å². The van der Waals surface area contributed by atoms with Crippen LogP contribution in [-0.2, 0) is 4.74 Å². The Balaban J connectivity index is 1.55. The molecular formula is C20H30N4O2S. The van der Waals surface area contributed by atoms with Crippen LogP contribution in [0.4, 0.5) is 0 Å². The number of thioether (sulfide) groups is 1. The van der Waals surface area contributed by atoms with E-state index < -0.39 is 0 Å². The maximum atomic E-state index is 13.2. The molecular weight excluding hydrogens is 360 g/mol. The Hall–Kier alpha value is -1.18. The van der Waals surface area contributed by atoms with Gasteiger partial charge in [0.25, 0.3) is 5.91 Å². The maximum absolute atomic E-state index is 13.2. The molecule has 2 aliphatic heterocycles. The molecule has 0 radical (unpaired) electrons. The van der Waals surface area contributed by atoms with E-state index in [-0.39, 0.29) is 11.5 Å². The van der Waals surface area contributed by atoms with Gasteiger partial charge in [-0.15, -0.1) is 0 Å². The van der Waals surface area contributed by atoms with Crippen LogP contribution < -0.4 is 0 Å². The first kappa shape index (κ1) is 19.2. The smallest absolute Gasteiger partial charge is 0.257 e. The Morgan fingerprint density at radius 2 is 2.07 bits per heavy atom. The van der Waals surface area contributed by atoms with Crippen molar-refractivity contribution in [2.75, 3.05) is 39.0 Å². The van der Waals surface area contributed by atoms with Gasteiger partial charge >= 0.3 is 0 Å². The van der Waals surface area contributed by atoms with Crippen LogP contribution in [0.2, 0.25) is 0 Å². The number of aromatic nitrogens is 2. The van der Waals surface area contributed by atoms with Gasteiger partial charge in [0.1, 0.15) is 5.60 Å². The van der Waals surface area contributed by atoms with E-state index in [1.54, 1.807) is 6.20 Å². The molecule has 3 fully saturated rings. The molecule has 1 saturated carbocycles. The van der Waals surface area contributed by atoms with Crippen LogP contribution in [0.3, 0.4) is 0 Å². The number of likely N-dealkylation sites (tertiary alicyclic amines) is 1. The topological polar surface area (TPSA) is 58.6 Å². The van der Waals surface area contributed by atoms with E-state index in [0.29, 0.717) is 36.5 Å². The predicted octanol–water partition coefficient (Wildman–Crippen LogP) is 2.76. The van der Waals surface area contributed by atoms with Crippen molar-refractivity contribution in [2.24, 2.45) is 0 Å². The first-order valence-electron chi connectivity index (χ1n) is 10.2. The van der Waals surface area contributed by atoms with Gasteiger partial charge in [-0.05, 0) is 52.0 Å². The molecule has 0 aromatic carbocycles. The summed E-state index contributed by atoms with van der Waals surface area (Å²) < 4.78 is 6.44. The van der Waals surface area contributed by atoms with E-state index in [1.165, 1.54) is 57.0 Å². The van der Waals surface area contributed by atoms with Crippen molar-refractivity contribution < 1.29 is 9.53 Å². The number of morpholine rings is 1. The lowest BCUT2D eigenvalue weighted by Gasteiger charge is -2.52. The number of nitrogens with zero attached hydrogens (tertiary/aromatic N) is 4. The second-order valence-corrected chi connectivity index (χ2v) is 8.77. The van der Waals surface area contributed by atoms with Crippen LogP contribution in [0.1, 0.15) is 54.6 Å². The molecule has 2 saturated heterocycles. The average molecular weight is 391 g/mol. The first-order valence-corrected chi connectivity index (χ1v) is 11.4. The van der Waals surface area contributed by atoms with Gasteiger partial charge in [0, 0.05) is 18.8 Å².